The highest BCUT2D eigenvalue weighted by Crippen LogP contribution is 2.29. The van der Waals surface area contributed by atoms with Gasteiger partial charge in [-0.2, -0.15) is 0 Å². The number of anilines is 1. The van der Waals surface area contributed by atoms with E-state index in [2.05, 4.69) is 5.32 Å². The summed E-state index contributed by atoms with van der Waals surface area (Å²) in [4.78, 5) is 23.0. The van der Waals surface area contributed by atoms with Crippen LogP contribution in [0.1, 0.15) is 18.1 Å². The maximum absolute atomic E-state index is 12.4. The van der Waals surface area contributed by atoms with E-state index in [1.165, 1.54) is 25.1 Å². The lowest BCUT2D eigenvalue weighted by atomic mass is 10.1. The van der Waals surface area contributed by atoms with Gasteiger partial charge in [-0.1, -0.05) is 18.2 Å². The Kier molecular flexibility index (Phi) is 7.16. The number of ether oxygens (including phenoxy) is 1. The fourth-order valence-corrected chi connectivity index (χ4v) is 3.67. The number of nitro groups is 1. The number of hydrogen-bond donors (Lipinski definition) is 1. The minimum atomic E-state index is -3.85. The van der Waals surface area contributed by atoms with E-state index in [4.69, 9.17) is 4.74 Å². The number of benzene rings is 2. The van der Waals surface area contributed by atoms with Crippen LogP contribution < -0.4 is 14.4 Å². The van der Waals surface area contributed by atoms with Gasteiger partial charge < -0.3 is 10.1 Å². The minimum absolute atomic E-state index is 0.0928. The number of rotatable bonds is 9. The van der Waals surface area contributed by atoms with Gasteiger partial charge in [0.15, 0.2) is 0 Å². The molecule has 0 saturated heterocycles. The van der Waals surface area contributed by atoms with Gasteiger partial charge in [0.25, 0.3) is 5.69 Å². The molecule has 0 atom stereocenters. The van der Waals surface area contributed by atoms with Crippen molar-refractivity contribution in [2.75, 3.05) is 23.7 Å². The van der Waals surface area contributed by atoms with Crippen LogP contribution in [0.4, 0.5) is 11.4 Å². The minimum Gasteiger partial charge on any atom is -0.494 e. The van der Waals surface area contributed by atoms with Crippen LogP contribution in [-0.2, 0) is 21.4 Å². The van der Waals surface area contributed by atoms with Gasteiger partial charge in [0.2, 0.25) is 15.9 Å². The summed E-state index contributed by atoms with van der Waals surface area (Å²) in [6.07, 6.45) is 0.949. The van der Waals surface area contributed by atoms with E-state index in [-0.39, 0.29) is 23.5 Å². The van der Waals surface area contributed by atoms with E-state index in [1.54, 1.807) is 18.2 Å². The number of nitrogens with one attached hydrogen (secondary N) is 1. The van der Waals surface area contributed by atoms with Crippen molar-refractivity contribution in [3.63, 3.8) is 0 Å². The third-order valence-corrected chi connectivity index (χ3v) is 5.26. The zero-order valence-corrected chi connectivity index (χ0v) is 17.2. The molecule has 0 spiro atoms. The maximum Gasteiger partial charge on any atom is 0.274 e. The van der Waals surface area contributed by atoms with Crippen molar-refractivity contribution < 1.29 is 22.9 Å². The fourth-order valence-electron chi connectivity index (χ4n) is 2.76. The second-order valence-corrected chi connectivity index (χ2v) is 8.21. The molecule has 29 heavy (non-hydrogen) atoms. The Labute approximate surface area is 169 Å². The lowest BCUT2D eigenvalue weighted by Gasteiger charge is -2.23. The summed E-state index contributed by atoms with van der Waals surface area (Å²) >= 11 is 0. The average Bonchev–Trinajstić information content (AvgIpc) is 2.64. The van der Waals surface area contributed by atoms with Crippen molar-refractivity contribution >= 4 is 27.3 Å². The summed E-state index contributed by atoms with van der Waals surface area (Å²) in [5, 5.41) is 13.8. The lowest BCUT2D eigenvalue weighted by molar-refractivity contribution is -0.385. The molecule has 10 heteroatoms. The van der Waals surface area contributed by atoms with Crippen LogP contribution in [0.15, 0.2) is 42.5 Å². The second kappa shape index (κ2) is 9.37. The zero-order chi connectivity index (χ0) is 21.6. The molecular weight excluding hydrogens is 398 g/mol. The zero-order valence-electron chi connectivity index (χ0n) is 16.4. The van der Waals surface area contributed by atoms with Crippen molar-refractivity contribution in [1.82, 2.24) is 5.32 Å². The molecule has 2 rings (SSSR count). The highest BCUT2D eigenvalue weighted by Gasteiger charge is 2.25. The van der Waals surface area contributed by atoms with Gasteiger partial charge in [-0.3, -0.25) is 19.2 Å². The fraction of sp³-hybridized carbons (Fsp3) is 0.316. The van der Waals surface area contributed by atoms with E-state index >= 15 is 0 Å². The number of sulfonamides is 1. The highest BCUT2D eigenvalue weighted by molar-refractivity contribution is 7.92. The normalized spacial score (nSPS) is 11.0. The monoisotopic (exact) mass is 421 g/mol. The molecule has 0 radical (unpaired) electrons. The standard InChI is InChI=1S/C19H23N3O6S/c1-4-28-16-8-5-7-15(11-16)12-20-19(23)13-21(29(3,26)27)17-9-6-10-18(14(17)2)22(24)25/h5-11H,4,12-13H2,1-3H3,(H,20,23). The van der Waals surface area contributed by atoms with E-state index < -0.39 is 27.4 Å². The molecule has 2 aromatic rings. The summed E-state index contributed by atoms with van der Waals surface area (Å²) < 4.78 is 30.8. The number of carbonyl (C=O) groups excluding carboxylic acids is 1. The van der Waals surface area contributed by atoms with Gasteiger partial charge in [0.1, 0.15) is 12.3 Å². The third kappa shape index (κ3) is 5.92. The molecular formula is C19H23N3O6S. The van der Waals surface area contributed by atoms with E-state index in [1.807, 2.05) is 13.0 Å². The molecule has 0 aromatic heterocycles. The van der Waals surface area contributed by atoms with Gasteiger partial charge in [0.05, 0.1) is 29.0 Å². The van der Waals surface area contributed by atoms with E-state index in [9.17, 15) is 23.3 Å². The van der Waals surface area contributed by atoms with Gasteiger partial charge in [-0.05, 0) is 37.6 Å². The third-order valence-electron chi connectivity index (χ3n) is 4.13. The number of amides is 1. The summed E-state index contributed by atoms with van der Waals surface area (Å²) in [5.74, 6) is 0.132. The number of nitrogens with zero attached hydrogens (tertiary/aromatic N) is 2. The van der Waals surface area contributed by atoms with Crippen molar-refractivity contribution in [3.8, 4) is 5.75 Å². The van der Waals surface area contributed by atoms with E-state index in [0.29, 0.717) is 12.4 Å². The Bertz CT molecular complexity index is 1010. The maximum atomic E-state index is 12.4. The average molecular weight is 421 g/mol. The summed E-state index contributed by atoms with van der Waals surface area (Å²) in [6.45, 7) is 3.52. The van der Waals surface area contributed by atoms with Crippen molar-refractivity contribution in [1.29, 1.82) is 0 Å². The van der Waals surface area contributed by atoms with Gasteiger partial charge in [0, 0.05) is 12.6 Å². The van der Waals surface area contributed by atoms with Crippen molar-refractivity contribution in [2.45, 2.75) is 20.4 Å². The summed E-state index contributed by atoms with van der Waals surface area (Å²) in [7, 11) is -3.85. The van der Waals surface area contributed by atoms with Crippen LogP contribution in [0.25, 0.3) is 0 Å². The summed E-state index contributed by atoms with van der Waals surface area (Å²) in [6, 6.07) is 11.3. The molecule has 0 bridgehead atoms. The molecule has 0 aliphatic rings. The molecule has 9 nitrogen and oxygen atoms in total. The smallest absolute Gasteiger partial charge is 0.274 e. The van der Waals surface area contributed by atoms with E-state index in [0.717, 1.165) is 16.1 Å². The van der Waals surface area contributed by atoms with Crippen LogP contribution in [-0.4, -0.2) is 38.7 Å². The van der Waals surface area contributed by atoms with Crippen molar-refractivity contribution in [3.05, 3.63) is 63.7 Å². The Morgan fingerprint density at radius 1 is 1.24 bits per heavy atom. The highest BCUT2D eigenvalue weighted by atomic mass is 32.2. The molecule has 0 unspecified atom stereocenters. The van der Waals surface area contributed by atoms with Gasteiger partial charge >= 0.3 is 0 Å². The molecule has 0 fully saturated rings. The molecule has 156 valence electrons. The Balaban J connectivity index is 2.18. The Hall–Kier alpha value is -3.14. The van der Waals surface area contributed by atoms with Crippen molar-refractivity contribution in [2.24, 2.45) is 0 Å². The summed E-state index contributed by atoms with van der Waals surface area (Å²) in [5.41, 5.74) is 0.835. The molecule has 0 heterocycles. The first-order chi connectivity index (χ1) is 13.6. The van der Waals surface area contributed by atoms with Crippen LogP contribution in [0, 0.1) is 17.0 Å². The molecule has 0 aliphatic heterocycles. The van der Waals surface area contributed by atoms with Crippen LogP contribution >= 0.6 is 0 Å². The molecule has 1 N–H and O–H groups in total. The van der Waals surface area contributed by atoms with Gasteiger partial charge in [-0.25, -0.2) is 8.42 Å². The number of nitro benzene ring substituents is 1. The first-order valence-corrected chi connectivity index (χ1v) is 10.7. The molecule has 0 saturated carbocycles. The second-order valence-electron chi connectivity index (χ2n) is 6.31. The topological polar surface area (TPSA) is 119 Å². The first-order valence-electron chi connectivity index (χ1n) is 8.83. The molecule has 2 aromatic carbocycles. The predicted octanol–water partition coefficient (Wildman–Crippen LogP) is 2.38. The molecule has 0 aliphatic carbocycles. The number of carbonyl (C=O) groups is 1. The van der Waals surface area contributed by atoms with Gasteiger partial charge in [-0.15, -0.1) is 0 Å². The molecule has 1 amide bonds. The Morgan fingerprint density at radius 2 is 1.93 bits per heavy atom. The van der Waals surface area contributed by atoms with Crippen LogP contribution in [0.5, 0.6) is 5.75 Å². The first kappa shape index (κ1) is 22.2. The Morgan fingerprint density at radius 3 is 2.55 bits per heavy atom. The SMILES string of the molecule is CCOc1cccc(CNC(=O)CN(c2cccc([N+](=O)[O-])c2C)S(C)(=O)=O)c1. The number of hydrogen-bond acceptors (Lipinski definition) is 6. The quantitative estimate of drug-likeness (QED) is 0.490. The predicted molar refractivity (Wildman–Crippen MR) is 109 cm³/mol. The largest absolute Gasteiger partial charge is 0.494 e. The van der Waals surface area contributed by atoms with Crippen LogP contribution in [0.3, 0.4) is 0 Å². The lowest BCUT2D eigenvalue weighted by Crippen LogP contribution is -2.40. The van der Waals surface area contributed by atoms with Crippen LogP contribution in [0.2, 0.25) is 0 Å².